The molecule has 8 heteroatoms. The number of carbonyl (C=O) groups excluding carboxylic acids is 1. The fourth-order valence-electron chi connectivity index (χ4n) is 2.26. The van der Waals surface area contributed by atoms with Gasteiger partial charge in [0.1, 0.15) is 24.5 Å². The normalized spacial score (nSPS) is 10.1. The van der Waals surface area contributed by atoms with E-state index < -0.39 is 16.6 Å². The number of hydrogen-bond acceptors (Lipinski definition) is 7. The zero-order valence-corrected chi connectivity index (χ0v) is 14.7. The molecule has 138 valence electrons. The highest BCUT2D eigenvalue weighted by Gasteiger charge is 2.25. The van der Waals surface area contributed by atoms with Crippen molar-refractivity contribution in [3.8, 4) is 17.2 Å². The summed E-state index contributed by atoms with van der Waals surface area (Å²) in [5.41, 5.74) is 0.311. The van der Waals surface area contributed by atoms with Crippen LogP contribution in [-0.2, 0) is 4.74 Å². The number of aryl methyl sites for hydroxylation is 1. The van der Waals surface area contributed by atoms with Gasteiger partial charge in [-0.2, -0.15) is 0 Å². The number of nitro groups is 1. The van der Waals surface area contributed by atoms with Crippen molar-refractivity contribution >= 4 is 11.7 Å². The molecule has 2 rings (SSSR count). The first-order chi connectivity index (χ1) is 12.5. The first-order valence-corrected chi connectivity index (χ1v) is 7.74. The molecule has 2 aromatic rings. The maximum absolute atomic E-state index is 12.2. The molecule has 0 aromatic heterocycles. The molecule has 0 bridgehead atoms. The van der Waals surface area contributed by atoms with E-state index in [2.05, 4.69) is 0 Å². The highest BCUT2D eigenvalue weighted by Crippen LogP contribution is 2.34. The first kappa shape index (κ1) is 19.0. The van der Waals surface area contributed by atoms with Gasteiger partial charge in [0, 0.05) is 6.07 Å². The summed E-state index contributed by atoms with van der Waals surface area (Å²) >= 11 is 0. The molecule has 8 nitrogen and oxygen atoms in total. The summed E-state index contributed by atoms with van der Waals surface area (Å²) in [5.74, 6) is 0.187. The average molecular weight is 361 g/mol. The molecule has 0 saturated heterocycles. The third-order valence-corrected chi connectivity index (χ3v) is 3.59. The second-order valence-electron chi connectivity index (χ2n) is 5.23. The van der Waals surface area contributed by atoms with Gasteiger partial charge in [-0.15, -0.1) is 0 Å². The lowest BCUT2D eigenvalue weighted by atomic mass is 10.1. The lowest BCUT2D eigenvalue weighted by Crippen LogP contribution is -2.14. The van der Waals surface area contributed by atoms with Gasteiger partial charge in [-0.05, 0) is 18.6 Å². The van der Waals surface area contributed by atoms with Gasteiger partial charge in [-0.3, -0.25) is 10.1 Å². The van der Waals surface area contributed by atoms with Crippen molar-refractivity contribution in [3.63, 3.8) is 0 Å². The van der Waals surface area contributed by atoms with Crippen molar-refractivity contribution in [2.45, 2.75) is 6.92 Å². The van der Waals surface area contributed by atoms with Gasteiger partial charge in [0.05, 0.1) is 25.2 Å². The molecule has 0 aliphatic carbocycles. The Hall–Kier alpha value is -3.29. The van der Waals surface area contributed by atoms with E-state index in [9.17, 15) is 14.9 Å². The molecule has 0 fully saturated rings. The quantitative estimate of drug-likeness (QED) is 0.308. The van der Waals surface area contributed by atoms with E-state index in [0.717, 1.165) is 11.6 Å². The maximum atomic E-state index is 12.2. The summed E-state index contributed by atoms with van der Waals surface area (Å²) in [4.78, 5) is 22.8. The minimum Gasteiger partial charge on any atom is -0.493 e. The fraction of sp³-hybridized carbons (Fsp3) is 0.278. The van der Waals surface area contributed by atoms with E-state index in [4.69, 9.17) is 18.9 Å². The Morgan fingerprint density at radius 1 is 1.04 bits per heavy atom. The molecule has 26 heavy (non-hydrogen) atoms. The zero-order chi connectivity index (χ0) is 19.1. The third kappa shape index (κ3) is 4.41. The van der Waals surface area contributed by atoms with Gasteiger partial charge in [-0.1, -0.05) is 18.2 Å². The molecule has 0 N–H and O–H groups in total. The van der Waals surface area contributed by atoms with Gasteiger partial charge in [-0.25, -0.2) is 4.79 Å². The van der Waals surface area contributed by atoms with Crippen LogP contribution in [0.15, 0.2) is 36.4 Å². The Bertz CT molecular complexity index is 804. The number of ether oxygens (including phenoxy) is 4. The molecular formula is C18H19NO7. The highest BCUT2D eigenvalue weighted by atomic mass is 16.6. The summed E-state index contributed by atoms with van der Waals surface area (Å²) in [6.45, 7) is 1.96. The minimum absolute atomic E-state index is 0.0569. The van der Waals surface area contributed by atoms with Crippen LogP contribution in [0.2, 0.25) is 0 Å². The van der Waals surface area contributed by atoms with Crippen LogP contribution >= 0.6 is 0 Å². The van der Waals surface area contributed by atoms with Crippen LogP contribution in [0.25, 0.3) is 0 Å². The van der Waals surface area contributed by atoms with Crippen molar-refractivity contribution in [3.05, 3.63) is 57.6 Å². The number of carbonyl (C=O) groups is 1. The molecule has 0 aliphatic heterocycles. The van der Waals surface area contributed by atoms with Crippen LogP contribution in [-0.4, -0.2) is 38.3 Å². The Balaban J connectivity index is 2.06. The van der Waals surface area contributed by atoms with Crippen molar-refractivity contribution in [2.24, 2.45) is 0 Å². The topological polar surface area (TPSA) is 97.1 Å². The summed E-state index contributed by atoms with van der Waals surface area (Å²) in [5, 5.41) is 11.2. The second kappa shape index (κ2) is 8.70. The number of esters is 1. The number of nitro benzene ring substituents is 1. The lowest BCUT2D eigenvalue weighted by Gasteiger charge is -2.11. The molecule has 0 aliphatic rings. The number of para-hydroxylation sites is 1. The molecule has 0 amide bonds. The Kier molecular flexibility index (Phi) is 6.37. The van der Waals surface area contributed by atoms with E-state index in [1.165, 1.54) is 20.3 Å². The Morgan fingerprint density at radius 2 is 1.69 bits per heavy atom. The SMILES string of the molecule is COc1cc(C(=O)OCCOc2ccccc2C)c([N+](=O)[O-])cc1OC. The average Bonchev–Trinajstić information content (AvgIpc) is 2.65. The van der Waals surface area contributed by atoms with Crippen molar-refractivity contribution in [1.82, 2.24) is 0 Å². The maximum Gasteiger partial charge on any atom is 0.345 e. The number of nitrogens with zero attached hydrogens (tertiary/aromatic N) is 1. The van der Waals surface area contributed by atoms with Crippen LogP contribution in [0.1, 0.15) is 15.9 Å². The largest absolute Gasteiger partial charge is 0.493 e. The molecule has 0 unspecified atom stereocenters. The van der Waals surface area contributed by atoms with Crippen molar-refractivity contribution in [1.29, 1.82) is 0 Å². The number of methoxy groups -OCH3 is 2. The van der Waals surface area contributed by atoms with Gasteiger partial charge in [0.25, 0.3) is 5.69 Å². The van der Waals surface area contributed by atoms with Crippen molar-refractivity contribution < 1.29 is 28.7 Å². The first-order valence-electron chi connectivity index (χ1n) is 7.74. The third-order valence-electron chi connectivity index (χ3n) is 3.59. The predicted molar refractivity (Wildman–Crippen MR) is 93.2 cm³/mol. The molecule has 0 saturated carbocycles. The van der Waals surface area contributed by atoms with Crippen molar-refractivity contribution in [2.75, 3.05) is 27.4 Å². The summed E-state index contributed by atoms with van der Waals surface area (Å²) < 4.78 is 20.7. The molecular weight excluding hydrogens is 342 g/mol. The van der Waals surface area contributed by atoms with Gasteiger partial charge < -0.3 is 18.9 Å². The number of hydrogen-bond donors (Lipinski definition) is 0. The molecule has 0 atom stereocenters. The van der Waals surface area contributed by atoms with Crippen LogP contribution in [0.4, 0.5) is 5.69 Å². The van der Waals surface area contributed by atoms with E-state index in [0.29, 0.717) is 5.75 Å². The molecule has 0 radical (unpaired) electrons. The van der Waals surface area contributed by atoms with Gasteiger partial charge >= 0.3 is 5.97 Å². The highest BCUT2D eigenvalue weighted by molar-refractivity contribution is 5.95. The van der Waals surface area contributed by atoms with Crippen LogP contribution < -0.4 is 14.2 Å². The Labute approximate surface area is 150 Å². The fourth-order valence-corrected chi connectivity index (χ4v) is 2.26. The smallest absolute Gasteiger partial charge is 0.345 e. The van der Waals surface area contributed by atoms with Crippen LogP contribution in [0.3, 0.4) is 0 Å². The standard InChI is InChI=1S/C18H19NO7/c1-12-6-4-5-7-15(12)25-8-9-26-18(20)13-10-16(23-2)17(24-3)11-14(13)19(21)22/h4-7,10-11H,8-9H2,1-3H3. The van der Waals surface area contributed by atoms with Gasteiger partial charge in [0.2, 0.25) is 0 Å². The lowest BCUT2D eigenvalue weighted by molar-refractivity contribution is -0.385. The summed E-state index contributed by atoms with van der Waals surface area (Å²) in [6.07, 6.45) is 0. The zero-order valence-electron chi connectivity index (χ0n) is 14.7. The number of benzene rings is 2. The summed E-state index contributed by atoms with van der Waals surface area (Å²) in [7, 11) is 2.72. The van der Waals surface area contributed by atoms with E-state index in [-0.39, 0.29) is 30.3 Å². The molecule has 0 heterocycles. The van der Waals surface area contributed by atoms with Crippen LogP contribution in [0, 0.1) is 17.0 Å². The minimum atomic E-state index is -0.842. The Morgan fingerprint density at radius 3 is 2.31 bits per heavy atom. The monoisotopic (exact) mass is 361 g/mol. The number of rotatable bonds is 8. The van der Waals surface area contributed by atoms with Gasteiger partial charge in [0.15, 0.2) is 11.5 Å². The van der Waals surface area contributed by atoms with E-state index >= 15 is 0 Å². The predicted octanol–water partition coefficient (Wildman–Crippen LogP) is 3.16. The summed E-state index contributed by atoms with van der Waals surface area (Å²) in [6, 6.07) is 9.77. The second-order valence-corrected chi connectivity index (χ2v) is 5.23. The van der Waals surface area contributed by atoms with E-state index in [1.54, 1.807) is 6.07 Å². The van der Waals surface area contributed by atoms with E-state index in [1.807, 2.05) is 25.1 Å². The molecule has 2 aromatic carbocycles. The van der Waals surface area contributed by atoms with Crippen LogP contribution in [0.5, 0.6) is 17.2 Å². The molecule has 0 spiro atoms.